The summed E-state index contributed by atoms with van der Waals surface area (Å²) >= 11 is 6.84. The van der Waals surface area contributed by atoms with Crippen LogP contribution in [0.25, 0.3) is 11.0 Å². The molecular weight excluding hydrogens is 314 g/mol. The fourth-order valence-corrected chi connectivity index (χ4v) is 3.81. The zero-order valence-electron chi connectivity index (χ0n) is 10.5. The van der Waals surface area contributed by atoms with E-state index < -0.39 is 9.84 Å². The summed E-state index contributed by atoms with van der Waals surface area (Å²) in [5.74, 6) is 0. The van der Waals surface area contributed by atoms with E-state index in [4.69, 9.17) is 12.2 Å². The Labute approximate surface area is 124 Å². The summed E-state index contributed by atoms with van der Waals surface area (Å²) in [6.45, 7) is 0.531. The van der Waals surface area contributed by atoms with E-state index in [2.05, 4.69) is 9.97 Å². The maximum absolute atomic E-state index is 11.8. The van der Waals surface area contributed by atoms with E-state index in [9.17, 15) is 8.42 Å². The third kappa shape index (κ3) is 2.30. The summed E-state index contributed by atoms with van der Waals surface area (Å²) in [7, 11) is -3.30. The zero-order valence-corrected chi connectivity index (χ0v) is 13.0. The standard InChI is InChI=1S/C12H11N3O2S3/c1-20(16,17)9-4-2-3-8-11(9)14-12(18)15(8)7-10-13-5-6-19-10/h2-6H,7H2,1H3,(H,14,18). The number of hydrogen-bond donors (Lipinski definition) is 1. The predicted octanol–water partition coefficient (Wildman–Crippen LogP) is 2.61. The highest BCUT2D eigenvalue weighted by Crippen LogP contribution is 2.23. The van der Waals surface area contributed by atoms with Crippen molar-refractivity contribution in [3.8, 4) is 0 Å². The molecule has 2 heterocycles. The molecule has 0 fully saturated rings. The molecule has 0 bridgehead atoms. The van der Waals surface area contributed by atoms with Crippen molar-refractivity contribution in [2.75, 3.05) is 6.26 Å². The minimum Gasteiger partial charge on any atom is -0.329 e. The predicted molar refractivity (Wildman–Crippen MR) is 81.4 cm³/mol. The van der Waals surface area contributed by atoms with Crippen LogP contribution in [0.1, 0.15) is 5.01 Å². The first-order chi connectivity index (χ1) is 9.47. The van der Waals surface area contributed by atoms with Gasteiger partial charge < -0.3 is 9.55 Å². The van der Waals surface area contributed by atoms with Gasteiger partial charge in [0.15, 0.2) is 14.6 Å². The largest absolute Gasteiger partial charge is 0.329 e. The summed E-state index contributed by atoms with van der Waals surface area (Å²) in [5, 5.41) is 2.82. The van der Waals surface area contributed by atoms with Gasteiger partial charge in [0.2, 0.25) is 0 Å². The molecule has 3 rings (SSSR count). The number of para-hydroxylation sites is 1. The van der Waals surface area contributed by atoms with Crippen LogP contribution >= 0.6 is 23.6 Å². The molecule has 0 spiro atoms. The Hall–Kier alpha value is -1.51. The van der Waals surface area contributed by atoms with Crippen LogP contribution in [0.2, 0.25) is 0 Å². The summed E-state index contributed by atoms with van der Waals surface area (Å²) in [5.41, 5.74) is 1.32. The topological polar surface area (TPSA) is 67.8 Å². The maximum atomic E-state index is 11.8. The Morgan fingerprint density at radius 2 is 2.25 bits per heavy atom. The number of thiazole rings is 1. The second kappa shape index (κ2) is 4.80. The minimum absolute atomic E-state index is 0.263. The number of nitrogens with one attached hydrogen (secondary N) is 1. The smallest absolute Gasteiger partial charge is 0.178 e. The quantitative estimate of drug-likeness (QED) is 0.752. The molecule has 0 atom stereocenters. The Balaban J connectivity index is 2.25. The number of aromatic amines is 1. The normalized spacial score (nSPS) is 12.1. The highest BCUT2D eigenvalue weighted by atomic mass is 32.2. The Morgan fingerprint density at radius 1 is 1.45 bits per heavy atom. The van der Waals surface area contributed by atoms with Crippen LogP contribution in [0.4, 0.5) is 0 Å². The number of benzene rings is 1. The Bertz CT molecular complexity index is 921. The molecule has 8 heteroatoms. The van der Waals surface area contributed by atoms with E-state index in [0.717, 1.165) is 10.5 Å². The van der Waals surface area contributed by atoms with Crippen LogP contribution < -0.4 is 0 Å². The van der Waals surface area contributed by atoms with Gasteiger partial charge >= 0.3 is 0 Å². The highest BCUT2D eigenvalue weighted by Gasteiger charge is 2.15. The van der Waals surface area contributed by atoms with Gasteiger partial charge in [0.25, 0.3) is 0 Å². The molecule has 2 aromatic heterocycles. The van der Waals surface area contributed by atoms with Gasteiger partial charge in [0, 0.05) is 17.8 Å². The van der Waals surface area contributed by atoms with Gasteiger partial charge in [-0.05, 0) is 24.4 Å². The number of H-pyrrole nitrogens is 1. The zero-order chi connectivity index (χ0) is 14.3. The van der Waals surface area contributed by atoms with E-state index in [0.29, 0.717) is 16.8 Å². The van der Waals surface area contributed by atoms with E-state index in [-0.39, 0.29) is 4.90 Å². The molecule has 0 radical (unpaired) electrons. The molecule has 0 amide bonds. The van der Waals surface area contributed by atoms with Gasteiger partial charge in [-0.3, -0.25) is 0 Å². The molecular formula is C12H11N3O2S3. The lowest BCUT2D eigenvalue weighted by Gasteiger charge is -2.03. The number of nitrogens with zero attached hydrogens (tertiary/aromatic N) is 2. The lowest BCUT2D eigenvalue weighted by Crippen LogP contribution is -2.00. The van der Waals surface area contributed by atoms with Crippen LogP contribution in [0.5, 0.6) is 0 Å². The van der Waals surface area contributed by atoms with Crippen LogP contribution in [0.3, 0.4) is 0 Å². The number of fused-ring (bicyclic) bond motifs is 1. The van der Waals surface area contributed by atoms with E-state index in [1.807, 2.05) is 16.0 Å². The van der Waals surface area contributed by atoms with Crippen molar-refractivity contribution in [2.24, 2.45) is 0 Å². The molecule has 0 saturated carbocycles. The molecule has 0 aliphatic heterocycles. The fraction of sp³-hybridized carbons (Fsp3) is 0.167. The molecule has 20 heavy (non-hydrogen) atoms. The molecule has 1 N–H and O–H groups in total. The summed E-state index contributed by atoms with van der Waals surface area (Å²) in [6, 6.07) is 5.15. The van der Waals surface area contributed by atoms with Crippen LogP contribution in [0.15, 0.2) is 34.7 Å². The number of aromatic nitrogens is 3. The average molecular weight is 325 g/mol. The number of sulfone groups is 1. The molecule has 0 aliphatic rings. The van der Waals surface area contributed by atoms with Gasteiger partial charge in [-0.15, -0.1) is 11.3 Å². The third-order valence-electron chi connectivity index (χ3n) is 2.95. The summed E-state index contributed by atoms with van der Waals surface area (Å²) < 4.78 is 26.0. The Morgan fingerprint density at radius 3 is 2.90 bits per heavy atom. The molecule has 0 unspecified atom stereocenters. The van der Waals surface area contributed by atoms with Crippen molar-refractivity contribution in [3.63, 3.8) is 0 Å². The number of hydrogen-bond acceptors (Lipinski definition) is 5. The van der Waals surface area contributed by atoms with Crippen LogP contribution in [-0.2, 0) is 16.4 Å². The molecule has 5 nitrogen and oxygen atoms in total. The molecule has 3 aromatic rings. The van der Waals surface area contributed by atoms with E-state index >= 15 is 0 Å². The SMILES string of the molecule is CS(=O)(=O)c1cccc2c1[nH]c(=S)n2Cc1nccs1. The minimum atomic E-state index is -3.30. The maximum Gasteiger partial charge on any atom is 0.178 e. The van der Waals surface area contributed by atoms with Crippen molar-refractivity contribution in [2.45, 2.75) is 11.4 Å². The van der Waals surface area contributed by atoms with Crippen molar-refractivity contribution < 1.29 is 8.42 Å². The first-order valence-electron chi connectivity index (χ1n) is 5.77. The monoisotopic (exact) mass is 325 g/mol. The van der Waals surface area contributed by atoms with Gasteiger partial charge in [-0.25, -0.2) is 13.4 Å². The van der Waals surface area contributed by atoms with Crippen molar-refractivity contribution in [1.82, 2.24) is 14.5 Å². The van der Waals surface area contributed by atoms with Gasteiger partial charge in [-0.2, -0.15) is 0 Å². The van der Waals surface area contributed by atoms with Crippen molar-refractivity contribution in [3.05, 3.63) is 39.6 Å². The first-order valence-corrected chi connectivity index (χ1v) is 8.95. The van der Waals surface area contributed by atoms with Crippen molar-refractivity contribution in [1.29, 1.82) is 0 Å². The lowest BCUT2D eigenvalue weighted by atomic mass is 10.3. The Kier molecular flexibility index (Phi) is 3.23. The van der Waals surface area contributed by atoms with Crippen LogP contribution in [-0.4, -0.2) is 29.2 Å². The number of imidazole rings is 1. The van der Waals surface area contributed by atoms with Gasteiger partial charge in [-0.1, -0.05) is 6.07 Å². The van der Waals surface area contributed by atoms with Crippen molar-refractivity contribution >= 4 is 44.4 Å². The highest BCUT2D eigenvalue weighted by molar-refractivity contribution is 7.91. The summed E-state index contributed by atoms with van der Waals surface area (Å²) in [4.78, 5) is 7.48. The second-order valence-electron chi connectivity index (χ2n) is 4.36. The fourth-order valence-electron chi connectivity index (χ4n) is 2.09. The number of rotatable bonds is 3. The van der Waals surface area contributed by atoms with Crippen LogP contribution in [0, 0.1) is 4.77 Å². The molecule has 1 aromatic carbocycles. The second-order valence-corrected chi connectivity index (χ2v) is 7.71. The van der Waals surface area contributed by atoms with Gasteiger partial charge in [0.05, 0.1) is 22.5 Å². The van der Waals surface area contributed by atoms with E-state index in [1.54, 1.807) is 18.3 Å². The average Bonchev–Trinajstić information content (AvgIpc) is 2.97. The molecule has 0 saturated heterocycles. The van der Waals surface area contributed by atoms with Gasteiger partial charge in [0.1, 0.15) is 5.01 Å². The molecule has 104 valence electrons. The lowest BCUT2D eigenvalue weighted by molar-refractivity contribution is 0.602. The molecule has 0 aliphatic carbocycles. The third-order valence-corrected chi connectivity index (χ3v) is 5.17. The summed E-state index contributed by atoms with van der Waals surface area (Å²) in [6.07, 6.45) is 2.93. The first kappa shape index (κ1) is 13.5. The van der Waals surface area contributed by atoms with E-state index in [1.165, 1.54) is 17.6 Å².